The lowest BCUT2D eigenvalue weighted by molar-refractivity contribution is 0.0905. The lowest BCUT2D eigenvalue weighted by atomic mass is 10.3. The van der Waals surface area contributed by atoms with E-state index in [2.05, 4.69) is 20.4 Å². The summed E-state index contributed by atoms with van der Waals surface area (Å²) in [5.74, 6) is -0.175. The highest BCUT2D eigenvalue weighted by atomic mass is 16.5. The molecule has 0 fully saturated rings. The molecule has 100 valence electrons. The zero-order chi connectivity index (χ0) is 13.5. The summed E-state index contributed by atoms with van der Waals surface area (Å²) in [5, 5.41) is 6.38. The van der Waals surface area contributed by atoms with Gasteiger partial charge in [0.2, 0.25) is 5.82 Å². The first-order chi connectivity index (χ1) is 9.31. The molecule has 0 saturated heterocycles. The molecule has 0 bridgehead atoms. The molecule has 2 aromatic rings. The molecule has 0 atom stereocenters. The molecule has 2 heterocycles. The van der Waals surface area contributed by atoms with Crippen LogP contribution in [0.1, 0.15) is 17.1 Å². The zero-order valence-electron chi connectivity index (χ0n) is 10.5. The van der Waals surface area contributed by atoms with Gasteiger partial charge >= 0.3 is 11.8 Å². The van der Waals surface area contributed by atoms with Crippen LogP contribution < -0.4 is 5.32 Å². The van der Waals surface area contributed by atoms with Crippen molar-refractivity contribution < 1.29 is 14.1 Å². The number of hydrogen-bond donors (Lipinski definition) is 1. The monoisotopic (exact) mass is 262 g/mol. The van der Waals surface area contributed by atoms with E-state index >= 15 is 0 Å². The van der Waals surface area contributed by atoms with E-state index in [0.717, 1.165) is 6.42 Å². The quantitative estimate of drug-likeness (QED) is 0.778. The Labute approximate surface area is 110 Å². The number of carbonyl (C=O) groups is 1. The third-order valence-corrected chi connectivity index (χ3v) is 2.33. The normalized spacial score (nSPS) is 10.4. The van der Waals surface area contributed by atoms with Crippen molar-refractivity contribution in [3.8, 4) is 11.5 Å². The molecule has 0 aliphatic heterocycles. The summed E-state index contributed by atoms with van der Waals surface area (Å²) < 4.78 is 9.77. The summed E-state index contributed by atoms with van der Waals surface area (Å²) in [6.07, 6.45) is 2.35. The van der Waals surface area contributed by atoms with Crippen molar-refractivity contribution in [2.24, 2.45) is 0 Å². The second-order valence-corrected chi connectivity index (χ2v) is 3.74. The van der Waals surface area contributed by atoms with Gasteiger partial charge in [-0.1, -0.05) is 11.2 Å². The number of pyridine rings is 1. The molecule has 2 rings (SSSR count). The molecule has 0 radical (unpaired) electrons. The van der Waals surface area contributed by atoms with Crippen LogP contribution in [0.2, 0.25) is 0 Å². The van der Waals surface area contributed by atoms with Crippen LogP contribution in [-0.2, 0) is 4.74 Å². The summed E-state index contributed by atoms with van der Waals surface area (Å²) in [6.45, 7) is 1.08. The second-order valence-electron chi connectivity index (χ2n) is 3.74. The highest BCUT2D eigenvalue weighted by molar-refractivity contribution is 5.89. The topological polar surface area (TPSA) is 90.1 Å². The predicted octanol–water partition coefficient (Wildman–Crippen LogP) is 0.898. The Bertz CT molecular complexity index is 527. The minimum atomic E-state index is -0.397. The Morgan fingerprint density at radius 2 is 2.37 bits per heavy atom. The van der Waals surface area contributed by atoms with Crippen LogP contribution in [0.3, 0.4) is 0 Å². The molecule has 7 nitrogen and oxygen atoms in total. The molecule has 2 aromatic heterocycles. The Balaban J connectivity index is 1.95. The fraction of sp³-hybridized carbons (Fsp3) is 0.333. The number of ether oxygens (including phenoxy) is 1. The van der Waals surface area contributed by atoms with E-state index < -0.39 is 5.91 Å². The van der Waals surface area contributed by atoms with E-state index in [-0.39, 0.29) is 5.89 Å². The molecule has 19 heavy (non-hydrogen) atoms. The number of carbonyl (C=O) groups excluding carboxylic acids is 1. The number of hydrogen-bond acceptors (Lipinski definition) is 6. The van der Waals surface area contributed by atoms with Gasteiger partial charge in [0, 0.05) is 26.5 Å². The minimum Gasteiger partial charge on any atom is -0.385 e. The van der Waals surface area contributed by atoms with E-state index in [1.165, 1.54) is 0 Å². The third kappa shape index (κ3) is 3.59. The molecular weight excluding hydrogens is 248 g/mol. The summed E-state index contributed by atoms with van der Waals surface area (Å²) in [4.78, 5) is 19.8. The number of amides is 1. The average molecular weight is 262 g/mol. The van der Waals surface area contributed by atoms with Crippen LogP contribution in [0, 0.1) is 0 Å². The van der Waals surface area contributed by atoms with Crippen LogP contribution in [0.25, 0.3) is 11.5 Å². The zero-order valence-corrected chi connectivity index (χ0v) is 10.5. The van der Waals surface area contributed by atoms with E-state index in [0.29, 0.717) is 24.7 Å². The van der Waals surface area contributed by atoms with Crippen molar-refractivity contribution in [3.05, 3.63) is 30.3 Å². The van der Waals surface area contributed by atoms with Gasteiger partial charge in [-0.3, -0.25) is 9.78 Å². The molecular formula is C12H14N4O3. The molecule has 0 aliphatic carbocycles. The summed E-state index contributed by atoms with van der Waals surface area (Å²) in [5.41, 5.74) is 0.560. The van der Waals surface area contributed by atoms with Crippen molar-refractivity contribution in [2.75, 3.05) is 20.3 Å². The van der Waals surface area contributed by atoms with Crippen molar-refractivity contribution in [1.82, 2.24) is 20.4 Å². The third-order valence-electron chi connectivity index (χ3n) is 2.33. The fourth-order valence-electron chi connectivity index (χ4n) is 1.41. The number of aromatic nitrogens is 3. The number of methoxy groups -OCH3 is 1. The summed E-state index contributed by atoms with van der Waals surface area (Å²) in [6, 6.07) is 5.33. The predicted molar refractivity (Wildman–Crippen MR) is 66.4 cm³/mol. The Hall–Kier alpha value is -2.28. The van der Waals surface area contributed by atoms with Crippen molar-refractivity contribution in [3.63, 3.8) is 0 Å². The molecule has 0 saturated carbocycles. The minimum absolute atomic E-state index is 0.0712. The fourth-order valence-corrected chi connectivity index (χ4v) is 1.41. The maximum Gasteiger partial charge on any atom is 0.316 e. The van der Waals surface area contributed by atoms with Gasteiger partial charge in [-0.2, -0.15) is 4.98 Å². The van der Waals surface area contributed by atoms with Crippen LogP contribution in [-0.4, -0.2) is 41.3 Å². The van der Waals surface area contributed by atoms with Crippen LogP contribution in [0.15, 0.2) is 28.9 Å². The van der Waals surface area contributed by atoms with Crippen molar-refractivity contribution in [2.45, 2.75) is 6.42 Å². The molecule has 0 spiro atoms. The van der Waals surface area contributed by atoms with Gasteiger partial charge in [0.25, 0.3) is 0 Å². The van der Waals surface area contributed by atoms with Gasteiger partial charge in [-0.05, 0) is 18.6 Å². The van der Waals surface area contributed by atoms with E-state index in [1.807, 2.05) is 6.07 Å². The molecule has 0 unspecified atom stereocenters. The molecule has 1 amide bonds. The van der Waals surface area contributed by atoms with Gasteiger partial charge in [0.05, 0.1) is 0 Å². The highest BCUT2D eigenvalue weighted by Gasteiger charge is 2.15. The SMILES string of the molecule is COCCCNC(=O)c1nc(-c2ccccn2)no1. The van der Waals surface area contributed by atoms with Crippen molar-refractivity contribution in [1.29, 1.82) is 0 Å². The van der Waals surface area contributed by atoms with Gasteiger partial charge in [0.1, 0.15) is 5.69 Å². The van der Waals surface area contributed by atoms with E-state index in [4.69, 9.17) is 9.26 Å². The van der Waals surface area contributed by atoms with Gasteiger partial charge in [-0.25, -0.2) is 0 Å². The van der Waals surface area contributed by atoms with Crippen molar-refractivity contribution >= 4 is 5.91 Å². The molecule has 7 heteroatoms. The standard InChI is InChI=1S/C12H14N4O3/c1-18-8-4-7-14-11(17)12-15-10(16-19-12)9-5-2-3-6-13-9/h2-3,5-6H,4,7-8H2,1H3,(H,14,17). The van der Waals surface area contributed by atoms with Crippen LogP contribution >= 0.6 is 0 Å². The van der Waals surface area contributed by atoms with Gasteiger partial charge in [-0.15, -0.1) is 0 Å². The number of rotatable bonds is 6. The lowest BCUT2D eigenvalue weighted by Crippen LogP contribution is -2.25. The average Bonchev–Trinajstić information content (AvgIpc) is 2.94. The lowest BCUT2D eigenvalue weighted by Gasteiger charge is -2.00. The Morgan fingerprint density at radius 3 is 3.11 bits per heavy atom. The summed E-state index contributed by atoms with van der Waals surface area (Å²) >= 11 is 0. The van der Waals surface area contributed by atoms with E-state index in [9.17, 15) is 4.79 Å². The largest absolute Gasteiger partial charge is 0.385 e. The summed E-state index contributed by atoms with van der Waals surface area (Å²) in [7, 11) is 1.61. The molecule has 1 N–H and O–H groups in total. The highest BCUT2D eigenvalue weighted by Crippen LogP contribution is 2.11. The first-order valence-corrected chi connectivity index (χ1v) is 5.83. The Kier molecular flexibility index (Phi) is 4.57. The van der Waals surface area contributed by atoms with Gasteiger partial charge < -0.3 is 14.6 Å². The molecule has 0 aromatic carbocycles. The van der Waals surface area contributed by atoms with E-state index in [1.54, 1.807) is 25.4 Å². The maximum atomic E-state index is 11.7. The Morgan fingerprint density at radius 1 is 1.47 bits per heavy atom. The van der Waals surface area contributed by atoms with Crippen LogP contribution in [0.5, 0.6) is 0 Å². The van der Waals surface area contributed by atoms with Crippen LogP contribution in [0.4, 0.5) is 0 Å². The smallest absolute Gasteiger partial charge is 0.316 e. The molecule has 0 aliphatic rings. The number of nitrogens with zero attached hydrogens (tertiary/aromatic N) is 3. The number of nitrogens with one attached hydrogen (secondary N) is 1. The maximum absolute atomic E-state index is 11.7. The first kappa shape index (κ1) is 13.2. The first-order valence-electron chi connectivity index (χ1n) is 5.83. The second kappa shape index (κ2) is 6.60. The van der Waals surface area contributed by atoms with Gasteiger partial charge in [0.15, 0.2) is 0 Å².